The third-order valence-corrected chi connectivity index (χ3v) is 3.10. The van der Waals surface area contributed by atoms with Crippen LogP contribution >= 0.6 is 11.6 Å². The van der Waals surface area contributed by atoms with Gasteiger partial charge in [0.25, 0.3) is 5.91 Å². The number of rotatable bonds is 4. The number of anilines is 1. The molecule has 0 aliphatic heterocycles. The van der Waals surface area contributed by atoms with Crippen LogP contribution in [0.3, 0.4) is 0 Å². The lowest BCUT2D eigenvalue weighted by Gasteiger charge is -2.13. The van der Waals surface area contributed by atoms with Gasteiger partial charge >= 0.3 is 5.97 Å². The van der Waals surface area contributed by atoms with Crippen LogP contribution in [0.25, 0.3) is 0 Å². The molecule has 7 heteroatoms. The van der Waals surface area contributed by atoms with Crippen molar-refractivity contribution in [2.75, 3.05) is 5.32 Å². The maximum Gasteiger partial charge on any atom is 0.340 e. The van der Waals surface area contributed by atoms with E-state index in [1.165, 1.54) is 31.3 Å². The fraction of sp³-hybridized carbons (Fsp3) is 0.125. The van der Waals surface area contributed by atoms with Gasteiger partial charge in [0, 0.05) is 11.9 Å². The molecule has 1 atom stereocenters. The molecule has 1 N–H and O–H groups in total. The van der Waals surface area contributed by atoms with Crippen LogP contribution in [0.5, 0.6) is 0 Å². The van der Waals surface area contributed by atoms with Crippen molar-refractivity contribution in [2.24, 2.45) is 0 Å². The number of halogens is 1. The maximum atomic E-state index is 12.0. The molecule has 0 aliphatic carbocycles. The van der Waals surface area contributed by atoms with E-state index in [1.54, 1.807) is 18.2 Å². The number of pyridine rings is 1. The lowest BCUT2D eigenvalue weighted by atomic mass is 10.2. The highest BCUT2D eigenvalue weighted by Crippen LogP contribution is 2.12. The first-order valence-electron chi connectivity index (χ1n) is 6.63. The summed E-state index contributed by atoms with van der Waals surface area (Å²) in [4.78, 5) is 27.7. The first kappa shape index (κ1) is 16.5. The van der Waals surface area contributed by atoms with E-state index in [-0.39, 0.29) is 10.7 Å². The normalized spacial score (nSPS) is 11.2. The number of hydrogen-bond donors (Lipinski definition) is 1. The lowest BCUT2D eigenvalue weighted by Crippen LogP contribution is -2.30. The van der Waals surface area contributed by atoms with Crippen molar-refractivity contribution in [1.29, 1.82) is 5.26 Å². The number of carbonyl (C=O) groups excluding carboxylic acids is 2. The molecule has 0 radical (unpaired) electrons. The molecule has 1 unspecified atom stereocenters. The van der Waals surface area contributed by atoms with E-state index in [9.17, 15) is 9.59 Å². The number of esters is 1. The van der Waals surface area contributed by atoms with Gasteiger partial charge in [-0.25, -0.2) is 9.78 Å². The molecule has 0 saturated heterocycles. The summed E-state index contributed by atoms with van der Waals surface area (Å²) in [5.74, 6) is -1.18. The van der Waals surface area contributed by atoms with Crippen LogP contribution < -0.4 is 5.32 Å². The number of amides is 1. The summed E-state index contributed by atoms with van der Waals surface area (Å²) in [6.45, 7) is 1.45. The molecule has 0 fully saturated rings. The van der Waals surface area contributed by atoms with Crippen LogP contribution in [0, 0.1) is 11.3 Å². The van der Waals surface area contributed by atoms with Crippen LogP contribution in [0.1, 0.15) is 22.8 Å². The number of carbonyl (C=O) groups is 2. The van der Waals surface area contributed by atoms with Crippen LogP contribution in [0.15, 0.2) is 42.6 Å². The fourth-order valence-electron chi connectivity index (χ4n) is 1.69. The predicted molar refractivity (Wildman–Crippen MR) is 83.9 cm³/mol. The summed E-state index contributed by atoms with van der Waals surface area (Å²) < 4.78 is 5.07. The quantitative estimate of drug-likeness (QED) is 0.687. The standard InChI is InChI=1S/C16H12ClN3O3/c1-10(23-16(22)12-5-6-14(17)19-9-12)15(21)20-13-4-2-3-11(7-13)8-18/h2-7,9-10H,1H3,(H,20,21). The number of nitrogens with zero attached hydrogens (tertiary/aromatic N) is 2. The molecule has 1 aromatic heterocycles. The van der Waals surface area contributed by atoms with Crippen LogP contribution in [-0.4, -0.2) is 23.0 Å². The molecule has 1 aromatic carbocycles. The van der Waals surface area contributed by atoms with E-state index in [2.05, 4.69) is 10.3 Å². The zero-order valence-corrected chi connectivity index (χ0v) is 12.9. The largest absolute Gasteiger partial charge is 0.449 e. The van der Waals surface area contributed by atoms with Crippen molar-refractivity contribution >= 4 is 29.2 Å². The topological polar surface area (TPSA) is 92.1 Å². The summed E-state index contributed by atoms with van der Waals surface area (Å²) >= 11 is 5.64. The highest BCUT2D eigenvalue weighted by Gasteiger charge is 2.19. The number of nitrogens with one attached hydrogen (secondary N) is 1. The van der Waals surface area contributed by atoms with Gasteiger partial charge in [0.05, 0.1) is 17.2 Å². The van der Waals surface area contributed by atoms with Crippen molar-refractivity contribution in [3.8, 4) is 6.07 Å². The van der Waals surface area contributed by atoms with E-state index in [4.69, 9.17) is 21.6 Å². The van der Waals surface area contributed by atoms with Crippen LogP contribution in [0.4, 0.5) is 5.69 Å². The second-order valence-electron chi connectivity index (χ2n) is 4.60. The van der Waals surface area contributed by atoms with Gasteiger partial charge in [-0.15, -0.1) is 0 Å². The minimum absolute atomic E-state index is 0.195. The van der Waals surface area contributed by atoms with Crippen molar-refractivity contribution in [3.05, 3.63) is 58.9 Å². The van der Waals surface area contributed by atoms with E-state index in [1.807, 2.05) is 6.07 Å². The minimum Gasteiger partial charge on any atom is -0.449 e. The van der Waals surface area contributed by atoms with Gasteiger partial charge in [-0.05, 0) is 37.3 Å². The Morgan fingerprint density at radius 3 is 2.78 bits per heavy atom. The zero-order chi connectivity index (χ0) is 16.8. The van der Waals surface area contributed by atoms with Crippen molar-refractivity contribution in [3.63, 3.8) is 0 Å². The second-order valence-corrected chi connectivity index (χ2v) is 4.99. The molecule has 0 aliphatic rings. The third kappa shape index (κ3) is 4.53. The summed E-state index contributed by atoms with van der Waals surface area (Å²) in [7, 11) is 0. The number of nitriles is 1. The highest BCUT2D eigenvalue weighted by molar-refractivity contribution is 6.29. The summed E-state index contributed by atoms with van der Waals surface area (Å²) in [6.07, 6.45) is 0.259. The van der Waals surface area contributed by atoms with Crippen LogP contribution in [-0.2, 0) is 9.53 Å². The molecular formula is C16H12ClN3O3. The van der Waals surface area contributed by atoms with Gasteiger partial charge in [0.15, 0.2) is 6.10 Å². The van der Waals surface area contributed by atoms with E-state index >= 15 is 0 Å². The Hall–Kier alpha value is -2.91. The van der Waals surface area contributed by atoms with Gasteiger partial charge in [0.1, 0.15) is 5.15 Å². The first-order valence-corrected chi connectivity index (χ1v) is 7.01. The molecule has 0 bridgehead atoms. The predicted octanol–water partition coefficient (Wildman–Crippen LogP) is 2.79. The van der Waals surface area contributed by atoms with Gasteiger partial charge in [-0.1, -0.05) is 17.7 Å². The number of benzene rings is 1. The lowest BCUT2D eigenvalue weighted by molar-refractivity contribution is -0.123. The molecule has 23 heavy (non-hydrogen) atoms. The molecule has 1 heterocycles. The van der Waals surface area contributed by atoms with E-state index in [0.717, 1.165) is 0 Å². The monoisotopic (exact) mass is 329 g/mol. The maximum absolute atomic E-state index is 12.0. The molecule has 6 nitrogen and oxygen atoms in total. The smallest absolute Gasteiger partial charge is 0.340 e. The Morgan fingerprint density at radius 2 is 2.13 bits per heavy atom. The summed E-state index contributed by atoms with van der Waals surface area (Å²) in [5, 5.41) is 11.7. The molecule has 2 aromatic rings. The van der Waals surface area contributed by atoms with Gasteiger partial charge in [0.2, 0.25) is 0 Å². The Kier molecular flexibility index (Phi) is 5.28. The second kappa shape index (κ2) is 7.38. The third-order valence-electron chi connectivity index (χ3n) is 2.88. The fourth-order valence-corrected chi connectivity index (χ4v) is 1.80. The average Bonchev–Trinajstić information content (AvgIpc) is 2.55. The molecule has 0 saturated carbocycles. The minimum atomic E-state index is -1.01. The number of ether oxygens (including phenoxy) is 1. The SMILES string of the molecule is CC(OC(=O)c1ccc(Cl)nc1)C(=O)Nc1cccc(C#N)c1. The highest BCUT2D eigenvalue weighted by atomic mass is 35.5. The van der Waals surface area contributed by atoms with Crippen LogP contribution in [0.2, 0.25) is 5.15 Å². The first-order chi connectivity index (χ1) is 11.0. The van der Waals surface area contributed by atoms with Gasteiger partial charge in [-0.3, -0.25) is 4.79 Å². The van der Waals surface area contributed by atoms with Crippen molar-refractivity contribution in [2.45, 2.75) is 13.0 Å². The Balaban J connectivity index is 1.98. The van der Waals surface area contributed by atoms with E-state index < -0.39 is 18.0 Å². The van der Waals surface area contributed by atoms with Gasteiger partial charge in [-0.2, -0.15) is 5.26 Å². The summed E-state index contributed by atoms with van der Waals surface area (Å²) in [5.41, 5.74) is 1.06. The number of aromatic nitrogens is 1. The average molecular weight is 330 g/mol. The number of hydrogen-bond acceptors (Lipinski definition) is 5. The molecule has 116 valence electrons. The Morgan fingerprint density at radius 1 is 1.35 bits per heavy atom. The summed E-state index contributed by atoms with van der Waals surface area (Å²) in [6, 6.07) is 11.3. The zero-order valence-electron chi connectivity index (χ0n) is 12.1. The Labute approximate surface area is 137 Å². The Bertz CT molecular complexity index is 769. The molecule has 1 amide bonds. The molecular weight excluding hydrogens is 318 g/mol. The van der Waals surface area contributed by atoms with Gasteiger partial charge < -0.3 is 10.1 Å². The van der Waals surface area contributed by atoms with E-state index in [0.29, 0.717) is 11.3 Å². The molecule has 2 rings (SSSR count). The van der Waals surface area contributed by atoms with Crippen molar-refractivity contribution < 1.29 is 14.3 Å². The molecule has 0 spiro atoms. The van der Waals surface area contributed by atoms with Crippen molar-refractivity contribution in [1.82, 2.24) is 4.98 Å².